The van der Waals surface area contributed by atoms with Gasteiger partial charge in [-0.25, -0.2) is 4.79 Å². The molecule has 3 rings (SSSR count). The third kappa shape index (κ3) is 4.87. The number of nitrogens with zero attached hydrogens (tertiary/aromatic N) is 1. The molecule has 2 aromatic rings. The van der Waals surface area contributed by atoms with Crippen molar-refractivity contribution in [2.75, 3.05) is 16.8 Å². The molecule has 0 spiro atoms. The van der Waals surface area contributed by atoms with Gasteiger partial charge >= 0.3 is 5.97 Å². The van der Waals surface area contributed by atoms with Gasteiger partial charge in [-0.05, 0) is 62.7 Å². The predicted molar refractivity (Wildman–Crippen MR) is 108 cm³/mol. The molecular weight excluding hydrogens is 372 g/mol. The summed E-state index contributed by atoms with van der Waals surface area (Å²) in [5.74, 6) is -1.17. The Labute approximate surface area is 168 Å². The second-order valence-corrected chi connectivity index (χ2v) is 6.87. The number of esters is 1. The zero-order chi connectivity index (χ0) is 21.0. The second kappa shape index (κ2) is 8.68. The molecule has 1 fully saturated rings. The van der Waals surface area contributed by atoms with Crippen molar-refractivity contribution in [3.63, 3.8) is 0 Å². The first-order chi connectivity index (χ1) is 13.8. The van der Waals surface area contributed by atoms with Crippen LogP contribution in [0, 0.1) is 0 Å². The predicted octanol–water partition coefficient (Wildman–Crippen LogP) is 3.20. The number of amides is 2. The van der Waals surface area contributed by atoms with Gasteiger partial charge in [0.1, 0.15) is 0 Å². The highest BCUT2D eigenvalue weighted by molar-refractivity contribution is 6.00. The largest absolute Gasteiger partial charge is 0.449 e. The molecule has 1 N–H and O–H groups in total. The van der Waals surface area contributed by atoms with Crippen LogP contribution < -0.4 is 10.2 Å². The van der Waals surface area contributed by atoms with Crippen molar-refractivity contribution in [3.8, 4) is 0 Å². The molecule has 0 saturated carbocycles. The van der Waals surface area contributed by atoms with Crippen molar-refractivity contribution in [2.24, 2.45) is 0 Å². The molecule has 1 heterocycles. The number of ether oxygens (including phenoxy) is 1. The Hall–Kier alpha value is -3.48. The molecule has 150 valence electrons. The van der Waals surface area contributed by atoms with E-state index in [0.717, 1.165) is 6.42 Å². The van der Waals surface area contributed by atoms with Gasteiger partial charge in [-0.2, -0.15) is 0 Å². The third-order valence-electron chi connectivity index (χ3n) is 4.68. The fourth-order valence-corrected chi connectivity index (χ4v) is 3.04. The van der Waals surface area contributed by atoms with Crippen molar-refractivity contribution in [2.45, 2.75) is 32.8 Å². The average Bonchev–Trinajstić information content (AvgIpc) is 3.14. The summed E-state index contributed by atoms with van der Waals surface area (Å²) in [4.78, 5) is 49.6. The van der Waals surface area contributed by atoms with Gasteiger partial charge in [0.15, 0.2) is 11.9 Å². The molecule has 29 heavy (non-hydrogen) atoms. The Bertz CT molecular complexity index is 952. The molecule has 1 atom stereocenters. The van der Waals surface area contributed by atoms with E-state index in [0.29, 0.717) is 29.9 Å². The van der Waals surface area contributed by atoms with Gasteiger partial charge in [0, 0.05) is 29.9 Å². The Kier molecular flexibility index (Phi) is 6.07. The summed E-state index contributed by atoms with van der Waals surface area (Å²) >= 11 is 0. The maximum absolute atomic E-state index is 12.4. The first-order valence-corrected chi connectivity index (χ1v) is 9.38. The van der Waals surface area contributed by atoms with Gasteiger partial charge < -0.3 is 15.0 Å². The van der Waals surface area contributed by atoms with Crippen LogP contribution in [0.4, 0.5) is 11.4 Å². The van der Waals surface area contributed by atoms with E-state index in [4.69, 9.17) is 4.74 Å². The van der Waals surface area contributed by atoms with Gasteiger partial charge in [0.2, 0.25) is 5.91 Å². The van der Waals surface area contributed by atoms with Crippen LogP contribution in [0.5, 0.6) is 0 Å². The zero-order valence-electron chi connectivity index (χ0n) is 16.3. The molecule has 2 aromatic carbocycles. The number of rotatable bonds is 6. The van der Waals surface area contributed by atoms with Gasteiger partial charge in [-0.3, -0.25) is 14.4 Å². The number of benzene rings is 2. The number of carbonyl (C=O) groups is 4. The second-order valence-electron chi connectivity index (χ2n) is 6.87. The van der Waals surface area contributed by atoms with Crippen LogP contribution in [0.25, 0.3) is 0 Å². The first kappa shape index (κ1) is 20.3. The van der Waals surface area contributed by atoms with Crippen LogP contribution in [0.2, 0.25) is 0 Å². The van der Waals surface area contributed by atoms with E-state index in [-0.39, 0.29) is 17.3 Å². The molecule has 2 amide bonds. The smallest absolute Gasteiger partial charge is 0.338 e. The summed E-state index contributed by atoms with van der Waals surface area (Å²) < 4.78 is 5.27. The lowest BCUT2D eigenvalue weighted by Crippen LogP contribution is -2.30. The van der Waals surface area contributed by atoms with Crippen molar-refractivity contribution in [1.29, 1.82) is 0 Å². The number of hydrogen-bond acceptors (Lipinski definition) is 5. The number of ketones is 1. The average molecular weight is 394 g/mol. The van der Waals surface area contributed by atoms with Crippen molar-refractivity contribution in [1.82, 2.24) is 0 Å². The standard InChI is InChI=1S/C22H22N2O5/c1-14(25)16-8-10-18(11-9-16)23-21(27)15(2)29-22(28)17-5-3-6-19(13-17)24-12-4-7-20(24)26/h3,5-6,8-11,13,15H,4,7,12H2,1-2H3,(H,23,27)/t15-/m0/s1. The number of hydrogen-bond donors (Lipinski definition) is 1. The molecule has 7 heteroatoms. The van der Waals surface area contributed by atoms with E-state index in [1.807, 2.05) is 0 Å². The molecule has 0 aliphatic carbocycles. The summed E-state index contributed by atoms with van der Waals surface area (Å²) in [5.41, 5.74) is 1.95. The van der Waals surface area contributed by atoms with Gasteiger partial charge in [-0.15, -0.1) is 0 Å². The third-order valence-corrected chi connectivity index (χ3v) is 4.68. The molecule has 0 bridgehead atoms. The monoisotopic (exact) mass is 394 g/mol. The molecular formula is C22H22N2O5. The maximum atomic E-state index is 12.4. The highest BCUT2D eigenvalue weighted by atomic mass is 16.5. The Balaban J connectivity index is 1.61. The molecule has 7 nitrogen and oxygen atoms in total. The minimum absolute atomic E-state index is 0.0269. The lowest BCUT2D eigenvalue weighted by molar-refractivity contribution is -0.123. The van der Waals surface area contributed by atoms with E-state index in [2.05, 4.69) is 5.32 Å². The van der Waals surface area contributed by atoms with E-state index < -0.39 is 18.0 Å². The summed E-state index contributed by atoms with van der Waals surface area (Å²) in [6.45, 7) is 3.56. The van der Waals surface area contributed by atoms with Crippen molar-refractivity contribution < 1.29 is 23.9 Å². The van der Waals surface area contributed by atoms with E-state index in [1.54, 1.807) is 53.4 Å². The van der Waals surface area contributed by atoms with Crippen LogP contribution >= 0.6 is 0 Å². The molecule has 0 unspecified atom stereocenters. The minimum atomic E-state index is -1.02. The summed E-state index contributed by atoms with van der Waals surface area (Å²) in [6, 6.07) is 13.1. The van der Waals surface area contributed by atoms with Crippen LogP contribution in [0.3, 0.4) is 0 Å². The fourth-order valence-electron chi connectivity index (χ4n) is 3.04. The molecule has 1 saturated heterocycles. The highest BCUT2D eigenvalue weighted by Gasteiger charge is 2.24. The SMILES string of the molecule is CC(=O)c1ccc(NC(=O)[C@H](C)OC(=O)c2cccc(N3CCCC3=O)c2)cc1. The maximum Gasteiger partial charge on any atom is 0.338 e. The number of Topliss-reactive ketones (excluding diaryl/α,β-unsaturated/α-hetero) is 1. The zero-order valence-corrected chi connectivity index (χ0v) is 16.3. The summed E-state index contributed by atoms with van der Waals surface area (Å²) in [5, 5.41) is 2.65. The van der Waals surface area contributed by atoms with Gasteiger partial charge in [0.25, 0.3) is 5.91 Å². The number of nitrogens with one attached hydrogen (secondary N) is 1. The molecule has 1 aliphatic heterocycles. The topological polar surface area (TPSA) is 92.8 Å². The minimum Gasteiger partial charge on any atom is -0.449 e. The Morgan fingerprint density at radius 3 is 2.41 bits per heavy atom. The first-order valence-electron chi connectivity index (χ1n) is 9.38. The lowest BCUT2D eigenvalue weighted by Gasteiger charge is -2.17. The molecule has 1 aliphatic rings. The van der Waals surface area contributed by atoms with E-state index in [1.165, 1.54) is 13.8 Å². The Morgan fingerprint density at radius 2 is 1.79 bits per heavy atom. The fraction of sp³-hybridized carbons (Fsp3) is 0.273. The molecule has 0 aromatic heterocycles. The van der Waals surface area contributed by atoms with Gasteiger partial charge in [-0.1, -0.05) is 6.07 Å². The van der Waals surface area contributed by atoms with E-state index in [9.17, 15) is 19.2 Å². The number of anilines is 2. The summed E-state index contributed by atoms with van der Waals surface area (Å²) in [7, 11) is 0. The normalized spacial score (nSPS) is 14.4. The summed E-state index contributed by atoms with van der Waals surface area (Å²) in [6.07, 6.45) is 0.268. The quantitative estimate of drug-likeness (QED) is 0.600. The van der Waals surface area contributed by atoms with Gasteiger partial charge in [0.05, 0.1) is 5.56 Å². The molecule has 0 radical (unpaired) electrons. The number of carbonyl (C=O) groups excluding carboxylic acids is 4. The Morgan fingerprint density at radius 1 is 1.07 bits per heavy atom. The lowest BCUT2D eigenvalue weighted by atomic mass is 10.1. The van der Waals surface area contributed by atoms with Crippen LogP contribution in [-0.2, 0) is 14.3 Å². The van der Waals surface area contributed by atoms with Crippen molar-refractivity contribution in [3.05, 3.63) is 59.7 Å². The van der Waals surface area contributed by atoms with E-state index >= 15 is 0 Å². The van der Waals surface area contributed by atoms with Crippen molar-refractivity contribution >= 4 is 34.9 Å². The van der Waals surface area contributed by atoms with Crippen LogP contribution in [0.15, 0.2) is 48.5 Å². The highest BCUT2D eigenvalue weighted by Crippen LogP contribution is 2.23. The van der Waals surface area contributed by atoms with Crippen LogP contribution in [-0.4, -0.2) is 36.2 Å². The van der Waals surface area contributed by atoms with Crippen LogP contribution in [0.1, 0.15) is 47.4 Å².